The van der Waals surface area contributed by atoms with Crippen LogP contribution in [0.4, 0.5) is 5.69 Å². The predicted octanol–water partition coefficient (Wildman–Crippen LogP) is 3.97. The van der Waals surface area contributed by atoms with Crippen LogP contribution < -0.4 is 4.90 Å². The maximum atomic E-state index is 5.89. The Labute approximate surface area is 97.0 Å². The second-order valence-electron chi connectivity index (χ2n) is 4.34. The number of anilines is 1. The molecule has 15 heavy (non-hydrogen) atoms. The summed E-state index contributed by atoms with van der Waals surface area (Å²) in [6.07, 6.45) is 4.01. The number of hydrogen-bond donors (Lipinski definition) is 0. The van der Waals surface area contributed by atoms with Gasteiger partial charge in [0.1, 0.15) is 0 Å². The molecule has 0 aromatic heterocycles. The molecular weight excluding hydrogens is 206 g/mol. The van der Waals surface area contributed by atoms with Crippen molar-refractivity contribution in [2.24, 2.45) is 5.92 Å². The first-order valence-electron chi connectivity index (χ1n) is 5.80. The van der Waals surface area contributed by atoms with Gasteiger partial charge in [0.15, 0.2) is 0 Å². The monoisotopic (exact) mass is 223 g/mol. The van der Waals surface area contributed by atoms with E-state index in [-0.39, 0.29) is 0 Å². The first-order valence-corrected chi connectivity index (χ1v) is 6.18. The molecule has 1 unspecified atom stereocenters. The summed E-state index contributed by atoms with van der Waals surface area (Å²) in [5, 5.41) is 0.822. The fourth-order valence-corrected chi connectivity index (χ4v) is 2.41. The third kappa shape index (κ3) is 2.66. The Morgan fingerprint density at radius 3 is 2.73 bits per heavy atom. The third-order valence-corrected chi connectivity index (χ3v) is 3.54. The number of piperidine rings is 1. The van der Waals surface area contributed by atoms with Crippen molar-refractivity contribution in [3.63, 3.8) is 0 Å². The number of nitrogens with zero attached hydrogens (tertiary/aromatic N) is 1. The maximum absolute atomic E-state index is 5.89. The van der Waals surface area contributed by atoms with Crippen molar-refractivity contribution in [2.75, 3.05) is 18.0 Å². The highest BCUT2D eigenvalue weighted by atomic mass is 35.5. The molecule has 82 valence electrons. The number of rotatable bonds is 2. The second-order valence-corrected chi connectivity index (χ2v) is 4.78. The van der Waals surface area contributed by atoms with E-state index >= 15 is 0 Å². The van der Waals surface area contributed by atoms with E-state index in [1.165, 1.54) is 38.0 Å². The minimum absolute atomic E-state index is 0.822. The van der Waals surface area contributed by atoms with Crippen LogP contribution in [0.2, 0.25) is 5.02 Å². The summed E-state index contributed by atoms with van der Waals surface area (Å²) in [5.41, 5.74) is 1.32. The van der Waals surface area contributed by atoms with Crippen LogP contribution in [-0.2, 0) is 0 Å². The lowest BCUT2D eigenvalue weighted by Crippen LogP contribution is -2.35. The van der Waals surface area contributed by atoms with Gasteiger partial charge in [-0.2, -0.15) is 0 Å². The van der Waals surface area contributed by atoms with Crippen LogP contribution in [0.25, 0.3) is 0 Å². The van der Waals surface area contributed by atoms with Crippen LogP contribution >= 0.6 is 11.6 Å². The van der Waals surface area contributed by atoms with Gasteiger partial charge in [-0.15, -0.1) is 0 Å². The van der Waals surface area contributed by atoms with Gasteiger partial charge in [-0.05, 0) is 43.0 Å². The van der Waals surface area contributed by atoms with Gasteiger partial charge in [0.2, 0.25) is 0 Å². The molecule has 1 nitrogen and oxygen atoms in total. The largest absolute Gasteiger partial charge is 0.371 e. The predicted molar refractivity (Wildman–Crippen MR) is 66.7 cm³/mol. The molecule has 1 aromatic carbocycles. The van der Waals surface area contributed by atoms with E-state index in [9.17, 15) is 0 Å². The lowest BCUT2D eigenvalue weighted by Gasteiger charge is -2.34. The Kier molecular flexibility index (Phi) is 3.53. The van der Waals surface area contributed by atoms with E-state index in [2.05, 4.69) is 24.0 Å². The van der Waals surface area contributed by atoms with Crippen LogP contribution in [0.15, 0.2) is 24.3 Å². The van der Waals surface area contributed by atoms with E-state index in [0.717, 1.165) is 10.9 Å². The molecule has 1 aliphatic rings. The number of hydrogen-bond acceptors (Lipinski definition) is 1. The van der Waals surface area contributed by atoms with Crippen molar-refractivity contribution < 1.29 is 0 Å². The van der Waals surface area contributed by atoms with Crippen molar-refractivity contribution >= 4 is 17.3 Å². The van der Waals surface area contributed by atoms with Gasteiger partial charge in [-0.25, -0.2) is 0 Å². The molecule has 2 rings (SSSR count). The standard InChI is InChI=1S/C13H18ClN/c1-2-11-4-3-9-15(10-11)13-7-5-12(14)6-8-13/h5-8,11H,2-4,9-10H2,1H3. The highest BCUT2D eigenvalue weighted by Crippen LogP contribution is 2.25. The van der Waals surface area contributed by atoms with E-state index < -0.39 is 0 Å². The van der Waals surface area contributed by atoms with Crippen molar-refractivity contribution in [2.45, 2.75) is 26.2 Å². The van der Waals surface area contributed by atoms with Gasteiger partial charge >= 0.3 is 0 Å². The average molecular weight is 224 g/mol. The minimum atomic E-state index is 0.822. The lowest BCUT2D eigenvalue weighted by molar-refractivity contribution is 0.405. The van der Waals surface area contributed by atoms with Crippen molar-refractivity contribution in [1.29, 1.82) is 0 Å². The Balaban J connectivity index is 2.06. The van der Waals surface area contributed by atoms with Gasteiger partial charge in [0, 0.05) is 23.8 Å². The summed E-state index contributed by atoms with van der Waals surface area (Å²) in [6, 6.07) is 8.21. The minimum Gasteiger partial charge on any atom is -0.371 e. The van der Waals surface area contributed by atoms with Gasteiger partial charge in [-0.1, -0.05) is 24.9 Å². The van der Waals surface area contributed by atoms with Crippen LogP contribution in [0, 0.1) is 5.92 Å². The third-order valence-electron chi connectivity index (χ3n) is 3.29. The molecule has 0 aliphatic carbocycles. The molecule has 0 amide bonds. The molecule has 1 fully saturated rings. The molecule has 0 radical (unpaired) electrons. The van der Waals surface area contributed by atoms with Crippen molar-refractivity contribution in [1.82, 2.24) is 0 Å². The Bertz CT molecular complexity index is 307. The van der Waals surface area contributed by atoms with E-state index in [1.54, 1.807) is 0 Å². The molecule has 0 saturated carbocycles. The van der Waals surface area contributed by atoms with Gasteiger partial charge in [0.25, 0.3) is 0 Å². The summed E-state index contributed by atoms with van der Waals surface area (Å²) < 4.78 is 0. The molecule has 1 aliphatic heterocycles. The molecule has 1 heterocycles. The van der Waals surface area contributed by atoms with Crippen LogP contribution in [0.5, 0.6) is 0 Å². The highest BCUT2D eigenvalue weighted by Gasteiger charge is 2.18. The fraction of sp³-hybridized carbons (Fsp3) is 0.538. The zero-order valence-corrected chi connectivity index (χ0v) is 10.0. The summed E-state index contributed by atoms with van der Waals surface area (Å²) in [4.78, 5) is 2.48. The van der Waals surface area contributed by atoms with Crippen molar-refractivity contribution in [3.8, 4) is 0 Å². The van der Waals surface area contributed by atoms with Gasteiger partial charge in [0.05, 0.1) is 0 Å². The number of benzene rings is 1. The number of halogens is 1. The van der Waals surface area contributed by atoms with Crippen LogP contribution in [0.3, 0.4) is 0 Å². The Morgan fingerprint density at radius 2 is 2.07 bits per heavy atom. The van der Waals surface area contributed by atoms with Gasteiger partial charge < -0.3 is 4.90 Å². The second kappa shape index (κ2) is 4.89. The lowest BCUT2D eigenvalue weighted by atomic mass is 9.95. The zero-order valence-electron chi connectivity index (χ0n) is 9.25. The average Bonchev–Trinajstić information content (AvgIpc) is 2.30. The topological polar surface area (TPSA) is 3.24 Å². The Morgan fingerprint density at radius 1 is 1.33 bits per heavy atom. The molecule has 1 aromatic rings. The summed E-state index contributed by atoms with van der Waals surface area (Å²) in [6.45, 7) is 4.69. The first-order chi connectivity index (χ1) is 7.29. The smallest absolute Gasteiger partial charge is 0.0407 e. The molecule has 0 bridgehead atoms. The summed E-state index contributed by atoms with van der Waals surface area (Å²) in [5.74, 6) is 0.870. The summed E-state index contributed by atoms with van der Waals surface area (Å²) in [7, 11) is 0. The molecule has 1 saturated heterocycles. The molecule has 1 atom stereocenters. The molecular formula is C13H18ClN. The SMILES string of the molecule is CCC1CCCN(c2ccc(Cl)cc2)C1. The quantitative estimate of drug-likeness (QED) is 0.734. The first kappa shape index (κ1) is 10.8. The van der Waals surface area contributed by atoms with E-state index in [4.69, 9.17) is 11.6 Å². The molecule has 2 heteroatoms. The van der Waals surface area contributed by atoms with Crippen LogP contribution in [-0.4, -0.2) is 13.1 Å². The zero-order chi connectivity index (χ0) is 10.7. The highest BCUT2D eigenvalue weighted by molar-refractivity contribution is 6.30. The van der Waals surface area contributed by atoms with Crippen LogP contribution in [0.1, 0.15) is 26.2 Å². The Hall–Kier alpha value is -0.690. The van der Waals surface area contributed by atoms with E-state index in [1.807, 2.05) is 12.1 Å². The van der Waals surface area contributed by atoms with Gasteiger partial charge in [-0.3, -0.25) is 0 Å². The summed E-state index contributed by atoms with van der Waals surface area (Å²) >= 11 is 5.89. The fourth-order valence-electron chi connectivity index (χ4n) is 2.28. The maximum Gasteiger partial charge on any atom is 0.0407 e. The van der Waals surface area contributed by atoms with Crippen molar-refractivity contribution in [3.05, 3.63) is 29.3 Å². The van der Waals surface area contributed by atoms with E-state index in [0.29, 0.717) is 0 Å². The molecule has 0 N–H and O–H groups in total. The molecule has 0 spiro atoms. The normalized spacial score (nSPS) is 21.7.